The summed E-state index contributed by atoms with van der Waals surface area (Å²) in [5.41, 5.74) is 1.35. The van der Waals surface area contributed by atoms with Gasteiger partial charge >= 0.3 is 5.97 Å². The van der Waals surface area contributed by atoms with Crippen LogP contribution in [-0.2, 0) is 22.6 Å². The first kappa shape index (κ1) is 18.0. The summed E-state index contributed by atoms with van der Waals surface area (Å²) < 4.78 is 5.11. The molecule has 26 heavy (non-hydrogen) atoms. The zero-order valence-electron chi connectivity index (χ0n) is 15.5. The van der Waals surface area contributed by atoms with Crippen LogP contribution in [0.3, 0.4) is 0 Å². The van der Waals surface area contributed by atoms with Crippen LogP contribution in [0.5, 0.6) is 0 Å². The van der Waals surface area contributed by atoms with Gasteiger partial charge in [-0.05, 0) is 44.2 Å². The van der Waals surface area contributed by atoms with Gasteiger partial charge in [0.05, 0.1) is 17.4 Å². The highest BCUT2D eigenvalue weighted by Gasteiger charge is 2.33. The maximum Gasteiger partial charge on any atom is 0.309 e. The maximum atomic E-state index is 12.9. The molecule has 1 aliphatic carbocycles. The average Bonchev–Trinajstić information content (AvgIpc) is 3.36. The number of ether oxygens (including phenoxy) is 1. The normalized spacial score (nSPS) is 22.0. The Bertz CT molecular complexity index is 649. The predicted molar refractivity (Wildman–Crippen MR) is 101 cm³/mol. The molecule has 3 aliphatic rings. The fourth-order valence-electron chi connectivity index (χ4n) is 4.56. The molecule has 0 aromatic carbocycles. The van der Waals surface area contributed by atoms with Gasteiger partial charge in [0.15, 0.2) is 0 Å². The van der Waals surface area contributed by atoms with Crippen LogP contribution in [0, 0.1) is 5.92 Å². The van der Waals surface area contributed by atoms with E-state index in [9.17, 15) is 9.59 Å². The van der Waals surface area contributed by atoms with Gasteiger partial charge in [0, 0.05) is 37.1 Å². The molecule has 1 aromatic rings. The van der Waals surface area contributed by atoms with E-state index in [1.54, 1.807) is 11.3 Å². The van der Waals surface area contributed by atoms with Crippen molar-refractivity contribution in [2.24, 2.45) is 5.92 Å². The minimum Gasteiger partial charge on any atom is -0.466 e. The van der Waals surface area contributed by atoms with E-state index >= 15 is 0 Å². The van der Waals surface area contributed by atoms with Gasteiger partial charge < -0.3 is 9.64 Å². The molecule has 4 rings (SSSR count). The van der Waals surface area contributed by atoms with Crippen LogP contribution < -0.4 is 0 Å². The number of hydrogen-bond donors (Lipinski definition) is 0. The quantitative estimate of drug-likeness (QED) is 0.756. The van der Waals surface area contributed by atoms with E-state index in [4.69, 9.17) is 4.74 Å². The fraction of sp³-hybridized carbons (Fsp3) is 0.700. The molecule has 142 valence electrons. The molecule has 1 aromatic heterocycles. The Balaban J connectivity index is 1.33. The van der Waals surface area contributed by atoms with Crippen LogP contribution in [0.25, 0.3) is 0 Å². The molecule has 0 radical (unpaired) electrons. The zero-order valence-corrected chi connectivity index (χ0v) is 16.4. The number of likely N-dealkylation sites (tertiary alicyclic amines) is 1. The molecule has 3 heterocycles. The van der Waals surface area contributed by atoms with Gasteiger partial charge in [0.2, 0.25) is 0 Å². The van der Waals surface area contributed by atoms with Gasteiger partial charge in [-0.1, -0.05) is 12.8 Å². The highest BCUT2D eigenvalue weighted by atomic mass is 32.1. The molecular formula is C20H28N2O3S. The zero-order chi connectivity index (χ0) is 18.1. The summed E-state index contributed by atoms with van der Waals surface area (Å²) in [5, 5.41) is 0. The summed E-state index contributed by atoms with van der Waals surface area (Å²) in [6, 6.07) is 2.87. The number of fused-ring (bicyclic) bond motifs is 1. The molecule has 2 fully saturated rings. The van der Waals surface area contributed by atoms with Gasteiger partial charge in [-0.25, -0.2) is 0 Å². The predicted octanol–water partition coefficient (Wildman–Crippen LogP) is 3.42. The summed E-state index contributed by atoms with van der Waals surface area (Å²) in [5.74, 6) is -0.0202. The summed E-state index contributed by atoms with van der Waals surface area (Å²) >= 11 is 1.68. The molecule has 1 saturated carbocycles. The maximum absolute atomic E-state index is 12.9. The smallest absolute Gasteiger partial charge is 0.309 e. The number of nitrogens with zero attached hydrogens (tertiary/aromatic N) is 2. The highest BCUT2D eigenvalue weighted by molar-refractivity contribution is 7.14. The molecule has 1 saturated heterocycles. The largest absolute Gasteiger partial charge is 0.466 e. The Morgan fingerprint density at radius 2 is 1.88 bits per heavy atom. The number of carbonyl (C=O) groups excluding carboxylic acids is 2. The van der Waals surface area contributed by atoms with Gasteiger partial charge in [0.25, 0.3) is 5.91 Å². The molecule has 0 N–H and O–H groups in total. The molecule has 1 amide bonds. The molecule has 0 spiro atoms. The molecular weight excluding hydrogens is 348 g/mol. The second-order valence-electron chi connectivity index (χ2n) is 7.72. The minimum atomic E-state index is -0.110. The molecule has 0 bridgehead atoms. The Kier molecular flexibility index (Phi) is 5.32. The third-order valence-electron chi connectivity index (χ3n) is 6.07. The third-order valence-corrected chi connectivity index (χ3v) is 7.22. The van der Waals surface area contributed by atoms with E-state index in [-0.39, 0.29) is 17.8 Å². The van der Waals surface area contributed by atoms with Crippen LogP contribution in [-0.4, -0.2) is 47.4 Å². The lowest BCUT2D eigenvalue weighted by atomic mass is 9.97. The second kappa shape index (κ2) is 7.69. The molecule has 2 aliphatic heterocycles. The van der Waals surface area contributed by atoms with Crippen molar-refractivity contribution in [3.8, 4) is 0 Å². The monoisotopic (exact) mass is 376 g/mol. The SMILES string of the molecule is CCOC(=O)C1CCN(C(=O)c2cc3c(s2)CN(C2CCCC2)C3)CC1. The number of piperidine rings is 1. The minimum absolute atomic E-state index is 0.0488. The number of amides is 1. The molecule has 5 nitrogen and oxygen atoms in total. The number of hydrogen-bond acceptors (Lipinski definition) is 5. The Morgan fingerprint density at radius 3 is 2.54 bits per heavy atom. The highest BCUT2D eigenvalue weighted by Crippen LogP contribution is 2.36. The second-order valence-corrected chi connectivity index (χ2v) is 8.86. The first-order valence-corrected chi connectivity index (χ1v) is 10.8. The Morgan fingerprint density at radius 1 is 1.15 bits per heavy atom. The summed E-state index contributed by atoms with van der Waals surface area (Å²) in [4.78, 5) is 31.4. The van der Waals surface area contributed by atoms with E-state index in [2.05, 4.69) is 11.0 Å². The van der Waals surface area contributed by atoms with Crippen LogP contribution in [0.1, 0.15) is 65.6 Å². The lowest BCUT2D eigenvalue weighted by molar-refractivity contribution is -0.149. The van der Waals surface area contributed by atoms with Crippen molar-refractivity contribution in [2.45, 2.75) is 64.6 Å². The van der Waals surface area contributed by atoms with E-state index in [0.717, 1.165) is 24.0 Å². The van der Waals surface area contributed by atoms with Crippen molar-refractivity contribution in [1.29, 1.82) is 0 Å². The molecule has 6 heteroatoms. The van der Waals surface area contributed by atoms with Crippen LogP contribution >= 0.6 is 11.3 Å². The number of rotatable bonds is 4. The van der Waals surface area contributed by atoms with E-state index < -0.39 is 0 Å². The van der Waals surface area contributed by atoms with Crippen LogP contribution in [0.4, 0.5) is 0 Å². The van der Waals surface area contributed by atoms with E-state index in [1.165, 1.54) is 36.1 Å². The summed E-state index contributed by atoms with van der Waals surface area (Å²) in [6.45, 7) is 5.59. The average molecular weight is 377 g/mol. The molecule has 0 atom stereocenters. The summed E-state index contributed by atoms with van der Waals surface area (Å²) in [7, 11) is 0. The lowest BCUT2D eigenvalue weighted by Crippen LogP contribution is -2.40. The first-order chi connectivity index (χ1) is 12.7. The van der Waals surface area contributed by atoms with Gasteiger partial charge in [-0.3, -0.25) is 14.5 Å². The lowest BCUT2D eigenvalue weighted by Gasteiger charge is -2.30. The Hall–Kier alpha value is -1.40. The first-order valence-electron chi connectivity index (χ1n) is 9.97. The Labute approximate surface area is 159 Å². The van der Waals surface area contributed by atoms with Crippen LogP contribution in [0.15, 0.2) is 6.07 Å². The van der Waals surface area contributed by atoms with Gasteiger partial charge in [0.1, 0.15) is 0 Å². The van der Waals surface area contributed by atoms with Crippen molar-refractivity contribution < 1.29 is 14.3 Å². The molecule has 0 unspecified atom stereocenters. The van der Waals surface area contributed by atoms with E-state index in [1.807, 2.05) is 11.8 Å². The van der Waals surface area contributed by atoms with Gasteiger partial charge in [-0.15, -0.1) is 11.3 Å². The summed E-state index contributed by atoms with van der Waals surface area (Å²) in [6.07, 6.45) is 6.81. The van der Waals surface area contributed by atoms with Crippen molar-refractivity contribution in [3.63, 3.8) is 0 Å². The topological polar surface area (TPSA) is 49.9 Å². The number of thiophene rings is 1. The number of esters is 1. The van der Waals surface area contributed by atoms with Crippen molar-refractivity contribution in [1.82, 2.24) is 9.80 Å². The van der Waals surface area contributed by atoms with Crippen molar-refractivity contribution in [3.05, 3.63) is 21.4 Å². The van der Waals surface area contributed by atoms with Crippen molar-refractivity contribution in [2.75, 3.05) is 19.7 Å². The van der Waals surface area contributed by atoms with E-state index in [0.29, 0.717) is 32.5 Å². The standard InChI is InChI=1S/C20H28N2O3S/c1-2-25-20(24)14-7-9-21(10-8-14)19(23)17-11-15-12-22(13-18(15)26-17)16-5-3-4-6-16/h11,14,16H,2-10,12-13H2,1H3. The van der Waals surface area contributed by atoms with Gasteiger partial charge in [-0.2, -0.15) is 0 Å². The number of carbonyl (C=O) groups is 2. The van der Waals surface area contributed by atoms with Crippen LogP contribution in [0.2, 0.25) is 0 Å². The fourth-order valence-corrected chi connectivity index (χ4v) is 5.73. The third kappa shape index (κ3) is 3.54. The van der Waals surface area contributed by atoms with Crippen molar-refractivity contribution >= 4 is 23.2 Å².